The van der Waals surface area contributed by atoms with E-state index in [0.717, 1.165) is 31.7 Å². The molecule has 116 valence electrons. The van der Waals surface area contributed by atoms with Gasteiger partial charge in [-0.3, -0.25) is 9.69 Å². The number of benzene rings is 1. The third-order valence-electron chi connectivity index (χ3n) is 3.73. The van der Waals surface area contributed by atoms with Crippen LogP contribution in [0.2, 0.25) is 0 Å². The van der Waals surface area contributed by atoms with Crippen LogP contribution in [0.5, 0.6) is 0 Å². The summed E-state index contributed by atoms with van der Waals surface area (Å²) in [5, 5.41) is 3.23. The summed E-state index contributed by atoms with van der Waals surface area (Å²) >= 11 is 0. The number of hydrogen-bond donors (Lipinski definition) is 1. The Morgan fingerprint density at radius 2 is 1.95 bits per heavy atom. The summed E-state index contributed by atoms with van der Waals surface area (Å²) in [7, 11) is -3.38. The number of ketones is 1. The van der Waals surface area contributed by atoms with Crippen LogP contribution in [-0.4, -0.2) is 57.6 Å². The molecule has 1 N–H and O–H groups in total. The van der Waals surface area contributed by atoms with Gasteiger partial charge in [0.2, 0.25) is 0 Å². The summed E-state index contributed by atoms with van der Waals surface area (Å²) in [6.45, 7) is 7.09. The molecule has 1 heterocycles. The maximum absolute atomic E-state index is 12.5. The molecule has 0 aliphatic carbocycles. The topological polar surface area (TPSA) is 66.5 Å². The first-order valence-corrected chi connectivity index (χ1v) is 8.89. The van der Waals surface area contributed by atoms with E-state index in [-0.39, 0.29) is 23.0 Å². The predicted octanol–water partition coefficient (Wildman–Crippen LogP) is 0.877. The van der Waals surface area contributed by atoms with Crippen molar-refractivity contribution in [2.75, 3.05) is 38.5 Å². The third kappa shape index (κ3) is 3.90. The van der Waals surface area contributed by atoms with Crippen molar-refractivity contribution in [3.8, 4) is 0 Å². The lowest BCUT2D eigenvalue weighted by Gasteiger charge is -2.26. The standard InChI is InChI=1S/C15H22N2O3S/c1-3-21(19,20)15-5-4-12(2)10-13(15)14(18)11-17-8-6-16-7-9-17/h4-5,10,16H,3,6-9,11H2,1-2H3. The Morgan fingerprint density at radius 3 is 2.57 bits per heavy atom. The van der Waals surface area contributed by atoms with Crippen molar-refractivity contribution in [1.29, 1.82) is 0 Å². The molecule has 1 aliphatic heterocycles. The average Bonchev–Trinajstić information content (AvgIpc) is 2.48. The Balaban J connectivity index is 2.29. The summed E-state index contributed by atoms with van der Waals surface area (Å²) in [6, 6.07) is 4.98. The van der Waals surface area contributed by atoms with Crippen molar-refractivity contribution < 1.29 is 13.2 Å². The zero-order valence-corrected chi connectivity index (χ0v) is 13.4. The minimum Gasteiger partial charge on any atom is -0.314 e. The molecular weight excluding hydrogens is 288 g/mol. The van der Waals surface area contributed by atoms with Crippen molar-refractivity contribution in [1.82, 2.24) is 10.2 Å². The Bertz CT molecular complexity index is 620. The summed E-state index contributed by atoms with van der Waals surface area (Å²) in [5.41, 5.74) is 1.23. The Kier molecular flexibility index (Phi) is 5.13. The Hall–Kier alpha value is -1.24. The van der Waals surface area contributed by atoms with Gasteiger partial charge in [0.15, 0.2) is 15.6 Å². The molecule has 0 saturated carbocycles. The summed E-state index contributed by atoms with van der Waals surface area (Å²) in [4.78, 5) is 14.7. The molecule has 0 bridgehead atoms. The van der Waals surface area contributed by atoms with Gasteiger partial charge in [0.25, 0.3) is 0 Å². The highest BCUT2D eigenvalue weighted by Gasteiger charge is 2.23. The molecule has 1 saturated heterocycles. The summed E-state index contributed by atoms with van der Waals surface area (Å²) < 4.78 is 24.3. The average molecular weight is 310 g/mol. The number of rotatable bonds is 5. The molecule has 21 heavy (non-hydrogen) atoms. The summed E-state index contributed by atoms with van der Waals surface area (Å²) in [5.74, 6) is -0.114. The number of aryl methyl sites for hydroxylation is 1. The van der Waals surface area contributed by atoms with Gasteiger partial charge in [-0.2, -0.15) is 0 Å². The highest BCUT2D eigenvalue weighted by atomic mass is 32.2. The van der Waals surface area contributed by atoms with E-state index in [1.165, 1.54) is 0 Å². The number of sulfone groups is 1. The van der Waals surface area contributed by atoms with Crippen LogP contribution in [0.25, 0.3) is 0 Å². The Morgan fingerprint density at radius 1 is 1.29 bits per heavy atom. The number of nitrogens with zero attached hydrogens (tertiary/aromatic N) is 1. The normalized spacial score (nSPS) is 16.9. The quantitative estimate of drug-likeness (QED) is 0.818. The smallest absolute Gasteiger partial charge is 0.178 e. The van der Waals surface area contributed by atoms with E-state index in [9.17, 15) is 13.2 Å². The zero-order chi connectivity index (χ0) is 15.5. The number of carbonyl (C=O) groups excluding carboxylic acids is 1. The van der Waals surface area contributed by atoms with E-state index in [2.05, 4.69) is 10.2 Å². The van der Waals surface area contributed by atoms with Gasteiger partial charge in [-0.25, -0.2) is 8.42 Å². The lowest BCUT2D eigenvalue weighted by Crippen LogP contribution is -2.45. The van der Waals surface area contributed by atoms with Crippen LogP contribution in [0.4, 0.5) is 0 Å². The third-order valence-corrected chi connectivity index (χ3v) is 5.51. The fraction of sp³-hybridized carbons (Fsp3) is 0.533. The molecule has 1 fully saturated rings. The SMILES string of the molecule is CCS(=O)(=O)c1ccc(C)cc1C(=O)CN1CCNCC1. The van der Waals surface area contributed by atoms with Crippen LogP contribution in [0, 0.1) is 6.92 Å². The van der Waals surface area contributed by atoms with E-state index in [4.69, 9.17) is 0 Å². The van der Waals surface area contributed by atoms with E-state index >= 15 is 0 Å². The highest BCUT2D eigenvalue weighted by molar-refractivity contribution is 7.91. The van der Waals surface area contributed by atoms with Gasteiger partial charge in [-0.15, -0.1) is 0 Å². The van der Waals surface area contributed by atoms with Gasteiger partial charge < -0.3 is 5.32 Å². The van der Waals surface area contributed by atoms with E-state index in [0.29, 0.717) is 5.56 Å². The lowest BCUT2D eigenvalue weighted by atomic mass is 10.1. The molecule has 6 heteroatoms. The first-order chi connectivity index (χ1) is 9.94. The van der Waals surface area contributed by atoms with Gasteiger partial charge >= 0.3 is 0 Å². The van der Waals surface area contributed by atoms with Gasteiger partial charge in [-0.1, -0.05) is 18.6 Å². The molecule has 0 radical (unpaired) electrons. The van der Waals surface area contributed by atoms with Gasteiger partial charge in [0.05, 0.1) is 17.2 Å². The van der Waals surface area contributed by atoms with Crippen molar-refractivity contribution >= 4 is 15.6 Å². The molecule has 5 nitrogen and oxygen atoms in total. The molecule has 0 aromatic heterocycles. The zero-order valence-electron chi connectivity index (χ0n) is 12.6. The molecule has 0 unspecified atom stereocenters. The Labute approximate surface area is 126 Å². The second-order valence-corrected chi connectivity index (χ2v) is 7.60. The van der Waals surface area contributed by atoms with Crippen molar-refractivity contribution in [2.24, 2.45) is 0 Å². The maximum atomic E-state index is 12.5. The number of nitrogens with one attached hydrogen (secondary N) is 1. The van der Waals surface area contributed by atoms with Crippen LogP contribution < -0.4 is 5.32 Å². The first kappa shape index (κ1) is 16.1. The molecule has 0 spiro atoms. The predicted molar refractivity (Wildman–Crippen MR) is 82.5 cm³/mol. The van der Waals surface area contributed by atoms with Crippen LogP contribution >= 0.6 is 0 Å². The largest absolute Gasteiger partial charge is 0.314 e. The van der Waals surface area contributed by atoms with E-state index in [1.807, 2.05) is 6.92 Å². The minimum atomic E-state index is -3.38. The van der Waals surface area contributed by atoms with Crippen LogP contribution in [0.1, 0.15) is 22.8 Å². The molecule has 0 amide bonds. The number of piperazine rings is 1. The van der Waals surface area contributed by atoms with Crippen molar-refractivity contribution in [3.63, 3.8) is 0 Å². The van der Waals surface area contributed by atoms with Gasteiger partial charge in [0.1, 0.15) is 0 Å². The molecule has 1 aromatic rings. The highest BCUT2D eigenvalue weighted by Crippen LogP contribution is 2.20. The molecule has 0 atom stereocenters. The first-order valence-electron chi connectivity index (χ1n) is 7.23. The fourth-order valence-electron chi connectivity index (χ4n) is 2.45. The van der Waals surface area contributed by atoms with E-state index in [1.54, 1.807) is 25.1 Å². The monoisotopic (exact) mass is 310 g/mol. The number of Topliss-reactive ketones (excluding diaryl/α,β-unsaturated/α-hetero) is 1. The number of carbonyl (C=O) groups is 1. The molecular formula is C15H22N2O3S. The van der Waals surface area contributed by atoms with Crippen LogP contribution in [-0.2, 0) is 9.84 Å². The number of hydrogen-bond acceptors (Lipinski definition) is 5. The van der Waals surface area contributed by atoms with Gasteiger partial charge in [-0.05, 0) is 19.1 Å². The van der Waals surface area contributed by atoms with E-state index < -0.39 is 9.84 Å². The van der Waals surface area contributed by atoms with Crippen LogP contribution in [0.3, 0.4) is 0 Å². The van der Waals surface area contributed by atoms with Crippen LogP contribution in [0.15, 0.2) is 23.1 Å². The summed E-state index contributed by atoms with van der Waals surface area (Å²) in [6.07, 6.45) is 0. The lowest BCUT2D eigenvalue weighted by molar-refractivity contribution is 0.0918. The fourth-order valence-corrected chi connectivity index (χ4v) is 3.54. The maximum Gasteiger partial charge on any atom is 0.178 e. The second kappa shape index (κ2) is 6.68. The van der Waals surface area contributed by atoms with Crippen molar-refractivity contribution in [3.05, 3.63) is 29.3 Å². The second-order valence-electron chi connectivity index (χ2n) is 5.35. The molecule has 1 aliphatic rings. The molecule has 1 aromatic carbocycles. The van der Waals surface area contributed by atoms with Crippen molar-refractivity contribution in [2.45, 2.75) is 18.7 Å². The minimum absolute atomic E-state index is 0.00394. The van der Waals surface area contributed by atoms with Gasteiger partial charge in [0, 0.05) is 31.7 Å². The molecule has 2 rings (SSSR count).